The smallest absolute Gasteiger partial charge is 0.336 e. The molecule has 0 fully saturated rings. The molecule has 34 heavy (non-hydrogen) atoms. The van der Waals surface area contributed by atoms with Crippen LogP contribution in [0.15, 0.2) is 74.8 Å². The minimum absolute atomic E-state index is 0.0360. The van der Waals surface area contributed by atoms with E-state index in [1.54, 1.807) is 6.07 Å². The van der Waals surface area contributed by atoms with E-state index in [0.29, 0.717) is 16.5 Å². The van der Waals surface area contributed by atoms with E-state index >= 15 is 0 Å². The molecule has 174 valence electrons. The summed E-state index contributed by atoms with van der Waals surface area (Å²) in [6.07, 6.45) is 0.938. The third-order valence-corrected chi connectivity index (χ3v) is 6.23. The van der Waals surface area contributed by atoms with E-state index < -0.39 is 38.6 Å². The first-order chi connectivity index (χ1) is 16.1. The van der Waals surface area contributed by atoms with E-state index in [9.17, 15) is 28.1 Å². The molecule has 0 spiro atoms. The largest absolute Gasteiger partial charge is 0.459 e. The van der Waals surface area contributed by atoms with Gasteiger partial charge in [-0.3, -0.25) is 14.9 Å². The van der Waals surface area contributed by atoms with E-state index in [0.717, 1.165) is 23.1 Å². The number of carbonyl (C=O) groups excluding carboxylic acids is 1. The Morgan fingerprint density at radius 2 is 1.88 bits per heavy atom. The fourth-order valence-corrected chi connectivity index (χ4v) is 4.19. The molecule has 1 aromatic heterocycles. The first kappa shape index (κ1) is 22.9. The molecule has 0 bridgehead atoms. The zero-order chi connectivity index (χ0) is 24.5. The summed E-state index contributed by atoms with van der Waals surface area (Å²) < 4.78 is 33.9. The van der Waals surface area contributed by atoms with Crippen molar-refractivity contribution in [2.45, 2.75) is 11.5 Å². The summed E-state index contributed by atoms with van der Waals surface area (Å²) in [5.41, 5.74) is -0.301. The number of rotatable bonds is 7. The van der Waals surface area contributed by atoms with Crippen LogP contribution in [-0.2, 0) is 26.0 Å². The SMILES string of the molecule is CS(=O)(=O)c1ccc(NCC(=O)OCc2cc(=O)oc3ccc4ccccc4c23)c([N+](=O)[O-])c1. The highest BCUT2D eigenvalue weighted by atomic mass is 32.2. The Morgan fingerprint density at radius 1 is 1.12 bits per heavy atom. The van der Waals surface area contributed by atoms with Crippen LogP contribution in [0.3, 0.4) is 0 Å². The number of hydrogen-bond donors (Lipinski definition) is 1. The van der Waals surface area contributed by atoms with Crippen LogP contribution in [0, 0.1) is 10.1 Å². The number of sulfone groups is 1. The third-order valence-electron chi connectivity index (χ3n) is 5.12. The summed E-state index contributed by atoms with van der Waals surface area (Å²) in [6, 6.07) is 15.6. The second-order valence-electron chi connectivity index (χ2n) is 7.47. The van der Waals surface area contributed by atoms with Crippen LogP contribution in [-0.4, -0.2) is 32.1 Å². The molecule has 0 atom stereocenters. The Bertz CT molecular complexity index is 1610. The predicted octanol–water partition coefficient (Wildman–Crippen LogP) is 3.41. The Labute approximate surface area is 192 Å². The van der Waals surface area contributed by atoms with Crippen molar-refractivity contribution in [3.63, 3.8) is 0 Å². The maximum Gasteiger partial charge on any atom is 0.336 e. The topological polar surface area (TPSA) is 146 Å². The maximum absolute atomic E-state index is 12.3. The van der Waals surface area contributed by atoms with Crippen molar-refractivity contribution in [2.75, 3.05) is 18.1 Å². The highest BCUT2D eigenvalue weighted by Crippen LogP contribution is 2.29. The lowest BCUT2D eigenvalue weighted by molar-refractivity contribution is -0.384. The molecule has 4 rings (SSSR count). The summed E-state index contributed by atoms with van der Waals surface area (Å²) in [5, 5.41) is 16.3. The number of hydrogen-bond acceptors (Lipinski definition) is 9. The van der Waals surface area contributed by atoms with Gasteiger partial charge in [-0.25, -0.2) is 13.2 Å². The molecule has 0 unspecified atom stereocenters. The molecule has 0 amide bonds. The van der Waals surface area contributed by atoms with E-state index in [4.69, 9.17) is 9.15 Å². The van der Waals surface area contributed by atoms with Gasteiger partial charge in [0.25, 0.3) is 5.69 Å². The van der Waals surface area contributed by atoms with Gasteiger partial charge in [-0.15, -0.1) is 0 Å². The molecule has 0 aliphatic rings. The molecule has 3 aromatic carbocycles. The fraction of sp³-hybridized carbons (Fsp3) is 0.130. The molecule has 0 saturated heterocycles. The molecular formula is C23H18N2O8S. The molecular weight excluding hydrogens is 464 g/mol. The molecule has 4 aromatic rings. The molecule has 0 saturated carbocycles. The van der Waals surface area contributed by atoms with Crippen LogP contribution in [0.1, 0.15) is 5.56 Å². The minimum atomic E-state index is -3.64. The van der Waals surface area contributed by atoms with Gasteiger partial charge in [0.15, 0.2) is 9.84 Å². The van der Waals surface area contributed by atoms with E-state index in [-0.39, 0.29) is 17.2 Å². The fourth-order valence-electron chi connectivity index (χ4n) is 3.55. The molecule has 1 heterocycles. The van der Waals surface area contributed by atoms with Gasteiger partial charge in [-0.1, -0.05) is 30.3 Å². The van der Waals surface area contributed by atoms with Gasteiger partial charge in [0.05, 0.1) is 9.82 Å². The molecule has 11 heteroatoms. The van der Waals surface area contributed by atoms with Crippen LogP contribution in [0.2, 0.25) is 0 Å². The van der Waals surface area contributed by atoms with Crippen molar-refractivity contribution in [1.29, 1.82) is 0 Å². The Kier molecular flexibility index (Phi) is 6.03. The van der Waals surface area contributed by atoms with Crippen molar-refractivity contribution in [3.8, 4) is 0 Å². The number of nitro benzene ring substituents is 1. The lowest BCUT2D eigenvalue weighted by Gasteiger charge is -2.11. The zero-order valence-electron chi connectivity index (χ0n) is 17.8. The predicted molar refractivity (Wildman–Crippen MR) is 124 cm³/mol. The Morgan fingerprint density at radius 3 is 2.62 bits per heavy atom. The number of ether oxygens (including phenoxy) is 1. The van der Waals surface area contributed by atoms with E-state index in [1.807, 2.05) is 30.3 Å². The van der Waals surface area contributed by atoms with Crippen LogP contribution < -0.4 is 10.9 Å². The molecule has 0 aliphatic carbocycles. The quantitative estimate of drug-likeness (QED) is 0.138. The number of nitro groups is 1. The molecule has 10 nitrogen and oxygen atoms in total. The second-order valence-corrected chi connectivity index (χ2v) is 9.49. The average Bonchev–Trinajstić information content (AvgIpc) is 2.79. The standard InChI is InChI=1S/C23H18N2O8S/c1-34(30,31)16-7-8-18(19(11-16)25(28)29)24-12-22(27)32-13-15-10-21(26)33-20-9-6-14-4-2-3-5-17(14)23(15)20/h2-11,24H,12-13H2,1H3. The van der Waals surface area contributed by atoms with Crippen LogP contribution >= 0.6 is 0 Å². The van der Waals surface area contributed by atoms with Crippen molar-refractivity contribution >= 4 is 48.9 Å². The summed E-state index contributed by atoms with van der Waals surface area (Å²) in [7, 11) is -3.64. The highest BCUT2D eigenvalue weighted by molar-refractivity contribution is 7.90. The second kappa shape index (κ2) is 8.94. The van der Waals surface area contributed by atoms with Crippen molar-refractivity contribution in [3.05, 3.63) is 86.8 Å². The molecule has 1 N–H and O–H groups in total. The first-order valence-corrected chi connectivity index (χ1v) is 11.8. The highest BCUT2D eigenvalue weighted by Gasteiger charge is 2.19. The lowest BCUT2D eigenvalue weighted by atomic mass is 10.0. The van der Waals surface area contributed by atoms with Crippen molar-refractivity contribution in [2.24, 2.45) is 0 Å². The molecule has 0 aliphatic heterocycles. The average molecular weight is 482 g/mol. The Hall–Kier alpha value is -4.25. The van der Waals surface area contributed by atoms with Crippen LogP contribution in [0.4, 0.5) is 11.4 Å². The van der Waals surface area contributed by atoms with Crippen molar-refractivity contribution in [1.82, 2.24) is 0 Å². The van der Waals surface area contributed by atoms with Gasteiger partial charge in [-0.05, 0) is 29.0 Å². The number of benzene rings is 3. The van der Waals surface area contributed by atoms with E-state index in [1.165, 1.54) is 18.2 Å². The van der Waals surface area contributed by atoms with Crippen LogP contribution in [0.25, 0.3) is 21.7 Å². The number of anilines is 1. The molecule has 0 radical (unpaired) electrons. The normalized spacial score (nSPS) is 11.4. The number of carbonyl (C=O) groups is 1. The summed E-state index contributed by atoms with van der Waals surface area (Å²) in [5.74, 6) is -0.733. The number of fused-ring (bicyclic) bond motifs is 3. The van der Waals surface area contributed by atoms with Crippen LogP contribution in [0.5, 0.6) is 0 Å². The summed E-state index contributed by atoms with van der Waals surface area (Å²) in [4.78, 5) is 34.7. The summed E-state index contributed by atoms with van der Waals surface area (Å²) in [6.45, 7) is -0.634. The maximum atomic E-state index is 12.3. The van der Waals surface area contributed by atoms with Crippen molar-refractivity contribution < 1.29 is 27.3 Å². The van der Waals surface area contributed by atoms with Gasteiger partial charge in [0.1, 0.15) is 24.4 Å². The zero-order valence-corrected chi connectivity index (χ0v) is 18.6. The summed E-state index contributed by atoms with van der Waals surface area (Å²) >= 11 is 0. The lowest BCUT2D eigenvalue weighted by Crippen LogP contribution is -2.18. The van der Waals surface area contributed by atoms with Gasteiger partial charge in [0.2, 0.25) is 0 Å². The monoisotopic (exact) mass is 482 g/mol. The van der Waals surface area contributed by atoms with Gasteiger partial charge in [0, 0.05) is 29.3 Å². The number of nitrogens with one attached hydrogen (secondary N) is 1. The van der Waals surface area contributed by atoms with E-state index in [2.05, 4.69) is 5.32 Å². The third kappa shape index (κ3) is 4.74. The number of esters is 1. The number of nitrogens with zero attached hydrogens (tertiary/aromatic N) is 1. The Balaban J connectivity index is 1.53. The minimum Gasteiger partial charge on any atom is -0.459 e. The van der Waals surface area contributed by atoms with Gasteiger partial charge < -0.3 is 14.5 Å². The van der Waals surface area contributed by atoms with Gasteiger partial charge >= 0.3 is 11.6 Å². The first-order valence-electron chi connectivity index (χ1n) is 9.96. The van der Waals surface area contributed by atoms with Gasteiger partial charge in [-0.2, -0.15) is 0 Å².